The molecule has 0 saturated carbocycles. The van der Waals surface area contributed by atoms with Crippen molar-refractivity contribution in [3.05, 3.63) is 11.8 Å². The average molecular weight is 373 g/mol. The maximum Gasteiger partial charge on any atom is 0.534 e. The highest BCUT2D eigenvalue weighted by Gasteiger charge is 2.50. The van der Waals surface area contributed by atoms with Crippen LogP contribution >= 0.6 is 0 Å². The molecule has 11 heteroatoms. The van der Waals surface area contributed by atoms with Gasteiger partial charge in [0.1, 0.15) is 11.4 Å². The summed E-state index contributed by atoms with van der Waals surface area (Å²) in [6.07, 6.45) is 0.281. The van der Waals surface area contributed by atoms with E-state index in [-0.39, 0.29) is 25.4 Å². The third kappa shape index (κ3) is 4.12. The number of alkyl halides is 3. The van der Waals surface area contributed by atoms with E-state index in [9.17, 15) is 26.4 Å². The summed E-state index contributed by atoms with van der Waals surface area (Å²) in [6, 6.07) is -1.42. The third-order valence-corrected chi connectivity index (χ3v) is 4.27. The molecule has 0 aromatic carbocycles. The van der Waals surface area contributed by atoms with Gasteiger partial charge in [0.05, 0.1) is 25.3 Å². The predicted molar refractivity (Wildman–Crippen MR) is 75.2 cm³/mol. The van der Waals surface area contributed by atoms with Crippen LogP contribution in [-0.4, -0.2) is 55.8 Å². The molecule has 1 saturated heterocycles. The third-order valence-electron chi connectivity index (χ3n) is 3.27. The molecule has 0 N–H and O–H groups in total. The highest BCUT2D eigenvalue weighted by molar-refractivity contribution is 7.87. The van der Waals surface area contributed by atoms with Gasteiger partial charge in [-0.05, 0) is 26.8 Å². The van der Waals surface area contributed by atoms with Gasteiger partial charge in [0.2, 0.25) is 0 Å². The lowest BCUT2D eigenvalue weighted by Crippen LogP contribution is -2.57. The molecule has 2 atom stereocenters. The second-order valence-electron chi connectivity index (χ2n) is 6.47. The normalized spacial score (nSPS) is 25.1. The molecule has 0 aliphatic carbocycles. The largest absolute Gasteiger partial charge is 0.534 e. The number of morpholine rings is 1. The lowest BCUT2D eigenvalue weighted by atomic mass is 10.0. The van der Waals surface area contributed by atoms with Crippen molar-refractivity contribution in [3.8, 4) is 0 Å². The van der Waals surface area contributed by atoms with Crippen molar-refractivity contribution in [3.63, 3.8) is 0 Å². The molecule has 1 fully saturated rings. The van der Waals surface area contributed by atoms with Crippen LogP contribution in [0.2, 0.25) is 0 Å². The highest BCUT2D eigenvalue weighted by atomic mass is 32.2. The SMILES string of the molecule is CC(C)(C)OC(=O)N1[C@@H]2COC[C@@H]1C=C(OS(=O)(=O)C(F)(F)F)C2. The van der Waals surface area contributed by atoms with Crippen LogP contribution in [-0.2, 0) is 23.8 Å². The van der Waals surface area contributed by atoms with E-state index >= 15 is 0 Å². The second-order valence-corrected chi connectivity index (χ2v) is 8.00. The average Bonchev–Trinajstić information content (AvgIpc) is 2.33. The van der Waals surface area contributed by atoms with Crippen LogP contribution in [0.25, 0.3) is 0 Å². The Balaban J connectivity index is 2.20. The van der Waals surface area contributed by atoms with Gasteiger partial charge >= 0.3 is 21.7 Å². The molecule has 0 aromatic heterocycles. The lowest BCUT2D eigenvalue weighted by molar-refractivity contribution is -0.0621. The first-order chi connectivity index (χ1) is 10.8. The van der Waals surface area contributed by atoms with Crippen LogP contribution in [0.4, 0.5) is 18.0 Å². The van der Waals surface area contributed by atoms with Gasteiger partial charge in [0.15, 0.2) is 0 Å². The van der Waals surface area contributed by atoms with Crippen molar-refractivity contribution in [1.82, 2.24) is 4.90 Å². The highest BCUT2D eigenvalue weighted by Crippen LogP contribution is 2.33. The molecule has 24 heavy (non-hydrogen) atoms. The quantitative estimate of drug-likeness (QED) is 0.545. The Hall–Kier alpha value is -1.49. The topological polar surface area (TPSA) is 82.1 Å². The first-order valence-corrected chi connectivity index (χ1v) is 8.51. The molecule has 0 aromatic rings. The summed E-state index contributed by atoms with van der Waals surface area (Å²) in [4.78, 5) is 13.6. The van der Waals surface area contributed by atoms with Gasteiger partial charge < -0.3 is 13.7 Å². The van der Waals surface area contributed by atoms with Gasteiger partial charge in [-0.2, -0.15) is 21.6 Å². The van der Waals surface area contributed by atoms with Gasteiger partial charge in [-0.25, -0.2) is 4.79 Å². The summed E-state index contributed by atoms with van der Waals surface area (Å²) in [5.74, 6) is -0.356. The van der Waals surface area contributed by atoms with E-state index in [1.165, 1.54) is 4.90 Å². The number of rotatable bonds is 2. The number of fused-ring (bicyclic) bond motifs is 2. The standard InChI is InChI=1S/C13H18F3NO6S/c1-12(2,3)22-11(18)17-8-4-10(5-9(17)7-21-6-8)23-24(19,20)13(14,15)16/h4,8-9H,5-7H2,1-3H3/t8-,9-/m0/s1. The number of ether oxygens (including phenoxy) is 2. The van der Waals surface area contributed by atoms with E-state index in [0.29, 0.717) is 0 Å². The Morgan fingerprint density at radius 3 is 2.42 bits per heavy atom. The number of carbonyl (C=O) groups is 1. The lowest BCUT2D eigenvalue weighted by Gasteiger charge is -2.44. The Morgan fingerprint density at radius 2 is 1.92 bits per heavy atom. The fraction of sp³-hybridized carbons (Fsp3) is 0.769. The summed E-state index contributed by atoms with van der Waals surface area (Å²) < 4.78 is 74.2. The van der Waals surface area contributed by atoms with Crippen LogP contribution in [0.5, 0.6) is 0 Å². The van der Waals surface area contributed by atoms with Gasteiger partial charge in [0, 0.05) is 6.42 Å². The van der Waals surface area contributed by atoms with Gasteiger partial charge in [0.25, 0.3) is 0 Å². The zero-order valence-electron chi connectivity index (χ0n) is 13.3. The Labute approximate surface area is 137 Å². The number of hydrogen-bond acceptors (Lipinski definition) is 6. The first kappa shape index (κ1) is 18.8. The van der Waals surface area contributed by atoms with Crippen molar-refractivity contribution in [2.24, 2.45) is 0 Å². The van der Waals surface area contributed by atoms with Gasteiger partial charge in [-0.1, -0.05) is 0 Å². The van der Waals surface area contributed by atoms with Crippen molar-refractivity contribution < 1.29 is 40.0 Å². The predicted octanol–water partition coefficient (Wildman–Crippen LogP) is 2.14. The monoisotopic (exact) mass is 373 g/mol. The molecular weight excluding hydrogens is 355 g/mol. The van der Waals surface area contributed by atoms with Crippen molar-refractivity contribution in [1.29, 1.82) is 0 Å². The van der Waals surface area contributed by atoms with E-state index in [1.54, 1.807) is 20.8 Å². The van der Waals surface area contributed by atoms with Crippen LogP contribution in [0.15, 0.2) is 11.8 Å². The molecule has 2 aliphatic rings. The fourth-order valence-corrected chi connectivity index (χ4v) is 2.91. The minimum absolute atomic E-state index is 0.00860. The molecule has 0 unspecified atom stereocenters. The molecule has 0 spiro atoms. The summed E-state index contributed by atoms with van der Waals surface area (Å²) in [7, 11) is -5.74. The number of carbonyl (C=O) groups excluding carboxylic acids is 1. The van der Waals surface area contributed by atoms with E-state index in [1.807, 2.05) is 0 Å². The van der Waals surface area contributed by atoms with E-state index in [2.05, 4.69) is 4.18 Å². The van der Waals surface area contributed by atoms with Crippen LogP contribution in [0.1, 0.15) is 27.2 Å². The summed E-state index contributed by atoms with van der Waals surface area (Å²) in [5, 5.41) is 0. The molecular formula is C13H18F3NO6S. The number of nitrogens with zero attached hydrogens (tertiary/aromatic N) is 1. The smallest absolute Gasteiger partial charge is 0.444 e. The van der Waals surface area contributed by atoms with Gasteiger partial charge in [-0.15, -0.1) is 0 Å². The Bertz CT molecular complexity index is 637. The molecule has 1 amide bonds. The Kier molecular flexibility index (Phi) is 4.79. The number of hydrogen-bond donors (Lipinski definition) is 0. The minimum Gasteiger partial charge on any atom is -0.444 e. The van der Waals surface area contributed by atoms with E-state index in [4.69, 9.17) is 9.47 Å². The van der Waals surface area contributed by atoms with Gasteiger partial charge in [-0.3, -0.25) is 4.90 Å². The van der Waals surface area contributed by atoms with E-state index < -0.39 is 39.4 Å². The molecule has 7 nitrogen and oxygen atoms in total. The summed E-state index contributed by atoms with van der Waals surface area (Å²) in [5.41, 5.74) is -6.26. The van der Waals surface area contributed by atoms with E-state index in [0.717, 1.165) is 6.08 Å². The zero-order chi connectivity index (χ0) is 18.3. The Morgan fingerprint density at radius 1 is 1.29 bits per heavy atom. The van der Waals surface area contributed by atoms with Crippen LogP contribution < -0.4 is 0 Å². The first-order valence-electron chi connectivity index (χ1n) is 7.11. The number of amides is 1. The second kappa shape index (κ2) is 6.10. The van der Waals surface area contributed by atoms with Crippen LogP contribution in [0.3, 0.4) is 0 Å². The number of halogens is 3. The minimum atomic E-state index is -5.74. The molecule has 0 radical (unpaired) electrons. The van der Waals surface area contributed by atoms with Crippen molar-refractivity contribution in [2.75, 3.05) is 13.2 Å². The zero-order valence-corrected chi connectivity index (χ0v) is 14.1. The molecule has 2 aliphatic heterocycles. The van der Waals surface area contributed by atoms with Crippen LogP contribution in [0, 0.1) is 0 Å². The molecule has 2 bridgehead atoms. The fourth-order valence-electron chi connectivity index (χ4n) is 2.41. The molecule has 138 valence electrons. The molecule has 2 heterocycles. The molecule has 2 rings (SSSR count). The van der Waals surface area contributed by atoms with Crippen molar-refractivity contribution in [2.45, 2.75) is 50.4 Å². The summed E-state index contributed by atoms with van der Waals surface area (Å²) in [6.45, 7) is 5.10. The maximum absolute atomic E-state index is 12.4. The maximum atomic E-state index is 12.4. The van der Waals surface area contributed by atoms with Crippen molar-refractivity contribution >= 4 is 16.2 Å². The summed E-state index contributed by atoms with van der Waals surface area (Å²) >= 11 is 0.